The molecule has 2 heterocycles. The third-order valence-corrected chi connectivity index (χ3v) is 4.54. The average Bonchev–Trinajstić information content (AvgIpc) is 2.66. The zero-order valence-corrected chi connectivity index (χ0v) is 13.4. The summed E-state index contributed by atoms with van der Waals surface area (Å²) in [6.07, 6.45) is 0. The number of hydrogen-bond acceptors (Lipinski definition) is 4. The molecule has 0 aliphatic carbocycles. The molecule has 5 heteroatoms. The first kappa shape index (κ1) is 13.5. The van der Waals surface area contributed by atoms with Gasteiger partial charge < -0.3 is 0 Å². The normalized spacial score (nSPS) is 11.2. The van der Waals surface area contributed by atoms with Gasteiger partial charge >= 0.3 is 0 Å². The van der Waals surface area contributed by atoms with Gasteiger partial charge in [0, 0.05) is 5.39 Å². The highest BCUT2D eigenvalue weighted by Crippen LogP contribution is 2.32. The molecule has 0 aliphatic heterocycles. The van der Waals surface area contributed by atoms with Gasteiger partial charge in [0.1, 0.15) is 5.15 Å². The van der Waals surface area contributed by atoms with Crippen molar-refractivity contribution in [1.29, 1.82) is 0 Å². The minimum absolute atomic E-state index is 0.507. The van der Waals surface area contributed by atoms with Gasteiger partial charge in [0.25, 0.3) is 0 Å². The van der Waals surface area contributed by atoms with Crippen LogP contribution in [0.4, 0.5) is 0 Å². The Hall–Kier alpha value is -1.52. The molecular weight excluding hydrogens is 290 g/mol. The lowest BCUT2D eigenvalue weighted by Crippen LogP contribution is -1.94. The summed E-state index contributed by atoms with van der Waals surface area (Å²) in [6, 6.07) is 4.14. The van der Waals surface area contributed by atoms with Gasteiger partial charge in [-0.15, -0.1) is 11.3 Å². The molecule has 0 atom stereocenters. The fourth-order valence-electron chi connectivity index (χ4n) is 2.43. The van der Waals surface area contributed by atoms with Crippen LogP contribution in [-0.2, 0) is 0 Å². The van der Waals surface area contributed by atoms with Crippen LogP contribution in [0.15, 0.2) is 12.1 Å². The van der Waals surface area contributed by atoms with Crippen LogP contribution in [0.1, 0.15) is 21.8 Å². The van der Waals surface area contributed by atoms with Crippen molar-refractivity contribution in [3.05, 3.63) is 39.1 Å². The number of aryl methyl sites for hydroxylation is 4. The van der Waals surface area contributed by atoms with Gasteiger partial charge in [0.2, 0.25) is 0 Å². The van der Waals surface area contributed by atoms with E-state index in [9.17, 15) is 0 Å². The molecule has 3 nitrogen and oxygen atoms in total. The highest BCUT2D eigenvalue weighted by molar-refractivity contribution is 7.15. The fraction of sp³-hybridized carbons (Fsp3) is 0.267. The lowest BCUT2D eigenvalue weighted by Gasteiger charge is -2.07. The predicted molar refractivity (Wildman–Crippen MR) is 84.6 cm³/mol. The molecule has 0 fully saturated rings. The number of rotatable bonds is 1. The van der Waals surface area contributed by atoms with E-state index in [-0.39, 0.29) is 0 Å². The Morgan fingerprint density at radius 1 is 1.00 bits per heavy atom. The van der Waals surface area contributed by atoms with Crippen molar-refractivity contribution in [3.63, 3.8) is 0 Å². The predicted octanol–water partition coefficient (Wildman–Crippen LogP) is 4.64. The Kier molecular flexibility index (Phi) is 3.22. The van der Waals surface area contributed by atoms with Crippen LogP contribution in [0.5, 0.6) is 0 Å². The van der Waals surface area contributed by atoms with Crippen molar-refractivity contribution >= 4 is 33.8 Å². The summed E-state index contributed by atoms with van der Waals surface area (Å²) in [7, 11) is 0. The van der Waals surface area contributed by atoms with Gasteiger partial charge in [0.05, 0.1) is 21.1 Å². The minimum Gasteiger partial charge on any atom is -0.246 e. The molecule has 3 aromatic rings. The number of benzene rings is 1. The average molecular weight is 304 g/mol. The second-order valence-corrected chi connectivity index (χ2v) is 6.52. The maximum atomic E-state index is 6.36. The molecule has 0 bridgehead atoms. The van der Waals surface area contributed by atoms with Crippen molar-refractivity contribution in [2.75, 3.05) is 0 Å². The fourth-order valence-corrected chi connectivity index (χ4v) is 3.61. The molecule has 0 aliphatic rings. The molecule has 3 rings (SSSR count). The van der Waals surface area contributed by atoms with Crippen molar-refractivity contribution < 1.29 is 0 Å². The maximum Gasteiger partial charge on any atom is 0.173 e. The van der Waals surface area contributed by atoms with E-state index in [0.29, 0.717) is 11.0 Å². The second kappa shape index (κ2) is 4.79. The monoisotopic (exact) mass is 303 g/mol. The molecule has 1 aromatic carbocycles. The molecule has 0 saturated heterocycles. The SMILES string of the molecule is Cc1cc(C)c2c(Cl)nc(-c3sc(C)nc3C)nc2c1. The molecule has 20 heavy (non-hydrogen) atoms. The van der Waals surface area contributed by atoms with Crippen molar-refractivity contribution in [2.24, 2.45) is 0 Å². The smallest absolute Gasteiger partial charge is 0.173 e. The summed E-state index contributed by atoms with van der Waals surface area (Å²) in [5, 5.41) is 2.45. The van der Waals surface area contributed by atoms with E-state index < -0.39 is 0 Å². The summed E-state index contributed by atoms with van der Waals surface area (Å²) in [6.45, 7) is 8.05. The van der Waals surface area contributed by atoms with E-state index in [1.807, 2.05) is 26.8 Å². The Balaban J connectivity index is 2.32. The van der Waals surface area contributed by atoms with Crippen LogP contribution in [0.25, 0.3) is 21.6 Å². The van der Waals surface area contributed by atoms with Gasteiger partial charge in [0.15, 0.2) is 5.82 Å². The summed E-state index contributed by atoms with van der Waals surface area (Å²) >= 11 is 7.96. The van der Waals surface area contributed by atoms with E-state index in [4.69, 9.17) is 11.6 Å². The standard InChI is InChI=1S/C15H14ClN3S/c1-7-5-8(2)12-11(6-7)18-15(19-14(12)16)13-9(3)17-10(4)20-13/h5-6H,1-4H3. The lowest BCUT2D eigenvalue weighted by molar-refractivity contribution is 1.17. The Morgan fingerprint density at radius 3 is 2.40 bits per heavy atom. The van der Waals surface area contributed by atoms with Crippen molar-refractivity contribution in [2.45, 2.75) is 27.7 Å². The van der Waals surface area contributed by atoms with Gasteiger partial charge in [-0.1, -0.05) is 17.7 Å². The minimum atomic E-state index is 0.507. The zero-order chi connectivity index (χ0) is 14.4. The van der Waals surface area contributed by atoms with E-state index in [0.717, 1.165) is 32.0 Å². The van der Waals surface area contributed by atoms with E-state index in [1.54, 1.807) is 11.3 Å². The molecule has 0 unspecified atom stereocenters. The molecule has 0 radical (unpaired) electrons. The molecule has 0 N–H and O–H groups in total. The third-order valence-electron chi connectivity index (χ3n) is 3.20. The quantitative estimate of drug-likeness (QED) is 0.615. The van der Waals surface area contributed by atoms with Crippen LogP contribution >= 0.6 is 22.9 Å². The summed E-state index contributed by atoms with van der Waals surface area (Å²) < 4.78 is 0. The highest BCUT2D eigenvalue weighted by Gasteiger charge is 2.14. The highest BCUT2D eigenvalue weighted by atomic mass is 35.5. The maximum absolute atomic E-state index is 6.36. The molecule has 2 aromatic heterocycles. The van der Waals surface area contributed by atoms with Crippen LogP contribution in [0, 0.1) is 27.7 Å². The van der Waals surface area contributed by atoms with E-state index in [1.165, 1.54) is 5.56 Å². The molecular formula is C15H14ClN3S. The number of nitrogens with zero attached hydrogens (tertiary/aromatic N) is 3. The largest absolute Gasteiger partial charge is 0.246 e. The van der Waals surface area contributed by atoms with Crippen LogP contribution in [-0.4, -0.2) is 15.0 Å². The van der Waals surface area contributed by atoms with E-state index in [2.05, 4.69) is 27.9 Å². The van der Waals surface area contributed by atoms with Gasteiger partial charge in [-0.05, 0) is 44.9 Å². The second-order valence-electron chi connectivity index (χ2n) is 4.96. The number of hydrogen-bond donors (Lipinski definition) is 0. The topological polar surface area (TPSA) is 38.7 Å². The van der Waals surface area contributed by atoms with Gasteiger partial charge in [-0.3, -0.25) is 0 Å². The van der Waals surface area contributed by atoms with Gasteiger partial charge in [-0.25, -0.2) is 15.0 Å². The third kappa shape index (κ3) is 2.19. The summed E-state index contributed by atoms with van der Waals surface area (Å²) in [4.78, 5) is 14.6. The van der Waals surface area contributed by atoms with Crippen LogP contribution in [0.3, 0.4) is 0 Å². The molecule has 102 valence electrons. The van der Waals surface area contributed by atoms with Gasteiger partial charge in [-0.2, -0.15) is 0 Å². The summed E-state index contributed by atoms with van der Waals surface area (Å²) in [5.41, 5.74) is 4.12. The van der Waals surface area contributed by atoms with Crippen LogP contribution in [0.2, 0.25) is 5.15 Å². The number of thiazole rings is 1. The molecule has 0 saturated carbocycles. The first-order chi connectivity index (χ1) is 9.45. The zero-order valence-electron chi connectivity index (χ0n) is 11.8. The first-order valence-electron chi connectivity index (χ1n) is 6.34. The Morgan fingerprint density at radius 2 is 1.75 bits per heavy atom. The van der Waals surface area contributed by atoms with Crippen molar-refractivity contribution in [1.82, 2.24) is 15.0 Å². The van der Waals surface area contributed by atoms with Crippen LogP contribution < -0.4 is 0 Å². The number of halogens is 1. The first-order valence-corrected chi connectivity index (χ1v) is 7.54. The number of fused-ring (bicyclic) bond motifs is 1. The summed E-state index contributed by atoms with van der Waals surface area (Å²) in [5.74, 6) is 0.663. The molecule has 0 spiro atoms. The lowest BCUT2D eigenvalue weighted by atomic mass is 10.1. The Bertz CT molecular complexity index is 824. The van der Waals surface area contributed by atoms with E-state index >= 15 is 0 Å². The molecule has 0 amide bonds. The van der Waals surface area contributed by atoms with Crippen molar-refractivity contribution in [3.8, 4) is 10.7 Å². The number of aromatic nitrogens is 3. The Labute approximate surface area is 126 Å².